The summed E-state index contributed by atoms with van der Waals surface area (Å²) in [5, 5.41) is 0.620. The predicted octanol–water partition coefficient (Wildman–Crippen LogP) is 4.81. The van der Waals surface area contributed by atoms with Crippen LogP contribution in [0.15, 0.2) is 59.5 Å². The number of carbonyl (C=O) groups is 1. The first kappa shape index (κ1) is 19.1. The van der Waals surface area contributed by atoms with E-state index >= 15 is 0 Å². The van der Waals surface area contributed by atoms with Gasteiger partial charge in [0.05, 0.1) is 17.2 Å². The average molecular weight is 390 g/mol. The van der Waals surface area contributed by atoms with Crippen LogP contribution < -0.4 is 0 Å². The third-order valence-corrected chi connectivity index (χ3v) is 6.67. The first-order valence-corrected chi connectivity index (χ1v) is 10.7. The number of hydrogen-bond acceptors (Lipinski definition) is 2. The summed E-state index contributed by atoms with van der Waals surface area (Å²) >= 11 is 5.89. The van der Waals surface area contributed by atoms with Crippen molar-refractivity contribution >= 4 is 28.3 Å². The lowest BCUT2D eigenvalue weighted by Crippen LogP contribution is -2.54. The van der Waals surface area contributed by atoms with Crippen LogP contribution in [0, 0.1) is 0 Å². The minimum atomic E-state index is -1.13. The molecule has 1 heterocycles. The average Bonchev–Trinajstić information content (AvgIpc) is 2.67. The first-order valence-electron chi connectivity index (χ1n) is 9.15. The number of carbonyl (C=O) groups excluding carboxylic acids is 1. The lowest BCUT2D eigenvalue weighted by molar-refractivity contribution is -0.141. The molecule has 3 rings (SSSR count). The normalized spacial score (nSPS) is 17.8. The molecule has 0 saturated carbocycles. The van der Waals surface area contributed by atoms with E-state index in [9.17, 15) is 9.00 Å². The molecule has 1 saturated heterocycles. The van der Waals surface area contributed by atoms with E-state index < -0.39 is 10.8 Å². The van der Waals surface area contributed by atoms with Gasteiger partial charge in [-0.05, 0) is 49.1 Å². The smallest absolute Gasteiger partial charge is 0.226 e. The van der Waals surface area contributed by atoms with Crippen molar-refractivity contribution in [2.75, 3.05) is 6.54 Å². The van der Waals surface area contributed by atoms with Crippen LogP contribution in [0.4, 0.5) is 0 Å². The van der Waals surface area contributed by atoms with Crippen molar-refractivity contribution in [3.8, 4) is 0 Å². The van der Waals surface area contributed by atoms with E-state index in [4.69, 9.17) is 11.6 Å². The van der Waals surface area contributed by atoms with Gasteiger partial charge in [-0.1, -0.05) is 54.8 Å². The highest BCUT2D eigenvalue weighted by Gasteiger charge is 2.40. The Kier molecular flexibility index (Phi) is 6.86. The molecule has 1 aliphatic heterocycles. The quantitative estimate of drug-likeness (QED) is 0.456. The number of rotatable bonds is 9. The zero-order valence-electron chi connectivity index (χ0n) is 14.8. The minimum absolute atomic E-state index is 0.125. The van der Waals surface area contributed by atoms with Gasteiger partial charge in [0.1, 0.15) is 5.37 Å². The summed E-state index contributed by atoms with van der Waals surface area (Å²) in [5.74, 6) is 0.125. The van der Waals surface area contributed by atoms with E-state index in [1.807, 2.05) is 42.5 Å². The Hall–Kier alpha value is -1.65. The molecule has 1 amide bonds. The molecular formula is C21H24ClNO2S. The summed E-state index contributed by atoms with van der Waals surface area (Å²) < 4.78 is 12.6. The molecule has 0 bridgehead atoms. The maximum atomic E-state index is 12.6. The number of amides is 1. The van der Waals surface area contributed by atoms with Crippen LogP contribution in [0.3, 0.4) is 0 Å². The standard InChI is InChI=1S/C21H24ClNO2S/c22-18-13-11-17(12-14-18)8-4-1-2-7-15-23-20(24)16-21(23)26(25)19-9-5-3-6-10-19/h3,5-6,9-14,21H,1-2,4,7-8,15-16H2/t21-,26+/m1/s1. The van der Waals surface area contributed by atoms with Gasteiger partial charge in [-0.25, -0.2) is 0 Å². The summed E-state index contributed by atoms with van der Waals surface area (Å²) in [7, 11) is -1.13. The summed E-state index contributed by atoms with van der Waals surface area (Å²) in [4.78, 5) is 14.5. The number of likely N-dealkylation sites (tertiary alicyclic amines) is 1. The van der Waals surface area contributed by atoms with Crippen LogP contribution >= 0.6 is 11.6 Å². The van der Waals surface area contributed by atoms with Crippen LogP contribution in [0.2, 0.25) is 5.02 Å². The molecule has 0 N–H and O–H groups in total. The molecule has 0 unspecified atom stereocenters. The SMILES string of the molecule is O=C1C[C@@H]([S@@](=O)c2ccccc2)N1CCCCCCc1ccc(Cl)cc1. The molecule has 1 aliphatic rings. The Labute approximate surface area is 162 Å². The van der Waals surface area contributed by atoms with Gasteiger partial charge in [-0.15, -0.1) is 0 Å². The number of halogens is 1. The van der Waals surface area contributed by atoms with Gasteiger partial charge in [0, 0.05) is 16.5 Å². The Bertz CT molecular complexity index is 748. The van der Waals surface area contributed by atoms with E-state index in [-0.39, 0.29) is 11.3 Å². The monoisotopic (exact) mass is 389 g/mol. The number of hydrogen-bond donors (Lipinski definition) is 0. The molecule has 2 aromatic rings. The molecule has 0 radical (unpaired) electrons. The van der Waals surface area contributed by atoms with Gasteiger partial charge in [-0.2, -0.15) is 0 Å². The second kappa shape index (κ2) is 9.33. The summed E-state index contributed by atoms with van der Waals surface area (Å²) in [6.45, 7) is 0.711. The second-order valence-corrected chi connectivity index (χ2v) is 8.69. The van der Waals surface area contributed by atoms with Crippen molar-refractivity contribution in [3.05, 3.63) is 65.2 Å². The Morgan fingerprint density at radius 3 is 2.35 bits per heavy atom. The maximum absolute atomic E-state index is 12.6. The number of unbranched alkanes of at least 4 members (excludes halogenated alkanes) is 3. The minimum Gasteiger partial charge on any atom is -0.327 e. The Balaban J connectivity index is 1.36. The zero-order valence-corrected chi connectivity index (χ0v) is 16.3. The first-order chi connectivity index (χ1) is 12.6. The fourth-order valence-corrected chi connectivity index (χ4v) is 4.83. The highest BCUT2D eigenvalue weighted by molar-refractivity contribution is 7.85. The fraction of sp³-hybridized carbons (Fsp3) is 0.381. The molecule has 138 valence electrons. The lowest BCUT2D eigenvalue weighted by atomic mass is 10.1. The highest BCUT2D eigenvalue weighted by atomic mass is 35.5. The maximum Gasteiger partial charge on any atom is 0.226 e. The van der Waals surface area contributed by atoms with E-state index in [2.05, 4.69) is 12.1 Å². The van der Waals surface area contributed by atoms with E-state index in [0.29, 0.717) is 13.0 Å². The third kappa shape index (κ3) is 4.95. The van der Waals surface area contributed by atoms with Crippen molar-refractivity contribution in [1.29, 1.82) is 0 Å². The summed E-state index contributed by atoms with van der Waals surface area (Å²) in [6, 6.07) is 17.4. The van der Waals surface area contributed by atoms with Gasteiger partial charge in [0.2, 0.25) is 5.91 Å². The van der Waals surface area contributed by atoms with Crippen LogP contribution in [0.25, 0.3) is 0 Å². The molecule has 0 aromatic heterocycles. The van der Waals surface area contributed by atoms with Crippen molar-refractivity contribution in [1.82, 2.24) is 4.90 Å². The third-order valence-electron chi connectivity index (χ3n) is 4.77. The van der Waals surface area contributed by atoms with Crippen LogP contribution in [0.5, 0.6) is 0 Å². The molecule has 2 aromatic carbocycles. The van der Waals surface area contributed by atoms with E-state index in [0.717, 1.165) is 42.0 Å². The van der Waals surface area contributed by atoms with Crippen LogP contribution in [-0.2, 0) is 22.0 Å². The zero-order chi connectivity index (χ0) is 18.4. The summed E-state index contributed by atoms with van der Waals surface area (Å²) in [5.41, 5.74) is 1.31. The highest BCUT2D eigenvalue weighted by Crippen LogP contribution is 2.27. The van der Waals surface area contributed by atoms with Crippen molar-refractivity contribution in [2.24, 2.45) is 0 Å². The molecule has 1 fully saturated rings. The molecule has 0 spiro atoms. The Morgan fingerprint density at radius 1 is 0.962 bits per heavy atom. The van der Waals surface area contributed by atoms with Gasteiger partial charge < -0.3 is 4.90 Å². The van der Waals surface area contributed by atoms with Crippen molar-refractivity contribution in [2.45, 2.75) is 48.8 Å². The largest absolute Gasteiger partial charge is 0.327 e. The summed E-state index contributed by atoms with van der Waals surface area (Å²) in [6.07, 6.45) is 5.78. The number of benzene rings is 2. The van der Waals surface area contributed by atoms with Gasteiger partial charge in [0.25, 0.3) is 0 Å². The second-order valence-electron chi connectivity index (χ2n) is 6.65. The van der Waals surface area contributed by atoms with Crippen molar-refractivity contribution in [3.63, 3.8) is 0 Å². The Morgan fingerprint density at radius 2 is 1.65 bits per heavy atom. The topological polar surface area (TPSA) is 37.4 Å². The molecule has 5 heteroatoms. The molecule has 3 nitrogen and oxygen atoms in total. The van der Waals surface area contributed by atoms with Gasteiger partial charge in [-0.3, -0.25) is 9.00 Å². The molecule has 2 atom stereocenters. The number of nitrogens with zero attached hydrogens (tertiary/aromatic N) is 1. The lowest BCUT2D eigenvalue weighted by Gasteiger charge is -2.39. The number of aryl methyl sites for hydroxylation is 1. The number of β-lactam (4-membered cyclic amide) rings is 1. The van der Waals surface area contributed by atoms with E-state index in [1.165, 1.54) is 5.56 Å². The predicted molar refractivity (Wildman–Crippen MR) is 107 cm³/mol. The molecular weight excluding hydrogens is 366 g/mol. The fourth-order valence-electron chi connectivity index (χ4n) is 3.21. The van der Waals surface area contributed by atoms with E-state index in [1.54, 1.807) is 4.90 Å². The van der Waals surface area contributed by atoms with Crippen LogP contribution in [0.1, 0.15) is 37.7 Å². The van der Waals surface area contributed by atoms with Gasteiger partial charge in [0.15, 0.2) is 0 Å². The van der Waals surface area contributed by atoms with Crippen molar-refractivity contribution < 1.29 is 9.00 Å². The van der Waals surface area contributed by atoms with Crippen LogP contribution in [-0.4, -0.2) is 26.9 Å². The van der Waals surface area contributed by atoms with Gasteiger partial charge >= 0.3 is 0 Å². The molecule has 26 heavy (non-hydrogen) atoms. The molecule has 0 aliphatic carbocycles.